The van der Waals surface area contributed by atoms with Crippen molar-refractivity contribution in [2.45, 2.75) is 59.1 Å². The molecule has 0 unspecified atom stereocenters. The third kappa shape index (κ3) is 11.8. The molecule has 4 aromatic carbocycles. The standard InChI is InChI=1S/C38H46O10S2/c1-3-5-23-45-31-7-15-35(16-8-31)49(39,40)37-19-11-33(12-20-37)47-29-27-43-25-26-44-28-30-48-34-13-21-38(22-14-34)50(41,42)36-17-9-32(10-18-36)46-24-6-4-2/h7-22H,3-6,23-30H2,1-2H3. The lowest BCUT2D eigenvalue weighted by Crippen LogP contribution is -2.13. The zero-order valence-corrected chi connectivity index (χ0v) is 30.3. The van der Waals surface area contributed by atoms with E-state index in [0.717, 1.165) is 25.7 Å². The lowest BCUT2D eigenvalue weighted by molar-refractivity contribution is 0.0273. The topological polar surface area (TPSA) is 124 Å². The molecule has 0 aromatic heterocycles. The molecule has 0 spiro atoms. The quantitative estimate of drug-likeness (QED) is 0.0725. The molecule has 0 atom stereocenters. The maximum Gasteiger partial charge on any atom is 0.206 e. The Bertz CT molecular complexity index is 1640. The molecule has 270 valence electrons. The first-order chi connectivity index (χ1) is 24.2. The molecule has 0 aliphatic heterocycles. The van der Waals surface area contributed by atoms with Gasteiger partial charge in [0.15, 0.2) is 0 Å². The van der Waals surface area contributed by atoms with Crippen LogP contribution in [0.1, 0.15) is 39.5 Å². The summed E-state index contributed by atoms with van der Waals surface area (Å²) in [4.78, 5) is 0.754. The number of rotatable bonds is 23. The van der Waals surface area contributed by atoms with Crippen LogP contribution in [0.2, 0.25) is 0 Å². The number of hydrogen-bond donors (Lipinski definition) is 0. The molecule has 0 N–H and O–H groups in total. The van der Waals surface area contributed by atoms with Crippen molar-refractivity contribution in [3.8, 4) is 23.0 Å². The van der Waals surface area contributed by atoms with Crippen LogP contribution in [0, 0.1) is 0 Å². The second-order valence-corrected chi connectivity index (χ2v) is 15.1. The lowest BCUT2D eigenvalue weighted by Gasteiger charge is -2.10. The first kappa shape index (κ1) is 38.7. The maximum atomic E-state index is 13.0. The van der Waals surface area contributed by atoms with Crippen LogP contribution in [0.5, 0.6) is 23.0 Å². The van der Waals surface area contributed by atoms with Gasteiger partial charge in [-0.2, -0.15) is 0 Å². The number of sulfone groups is 2. The highest BCUT2D eigenvalue weighted by molar-refractivity contribution is 7.91. The van der Waals surface area contributed by atoms with Crippen molar-refractivity contribution < 1.29 is 45.3 Å². The maximum absolute atomic E-state index is 13.0. The van der Waals surface area contributed by atoms with Crippen molar-refractivity contribution in [2.24, 2.45) is 0 Å². The molecule has 0 saturated carbocycles. The molecule has 0 aliphatic carbocycles. The molecule has 4 aromatic rings. The summed E-state index contributed by atoms with van der Waals surface area (Å²) in [6.07, 6.45) is 3.93. The Labute approximate surface area is 296 Å². The van der Waals surface area contributed by atoms with Gasteiger partial charge < -0.3 is 28.4 Å². The summed E-state index contributed by atoms with van der Waals surface area (Å²) in [5.74, 6) is 2.36. The Morgan fingerprint density at radius 3 is 0.860 bits per heavy atom. The van der Waals surface area contributed by atoms with E-state index >= 15 is 0 Å². The van der Waals surface area contributed by atoms with Gasteiger partial charge in [0.25, 0.3) is 0 Å². The molecule has 10 nitrogen and oxygen atoms in total. The number of unbranched alkanes of at least 4 members (excludes halogenated alkanes) is 2. The molecule has 0 aliphatic rings. The first-order valence-corrected chi connectivity index (χ1v) is 19.8. The van der Waals surface area contributed by atoms with Crippen LogP contribution in [0.4, 0.5) is 0 Å². The fourth-order valence-corrected chi connectivity index (χ4v) is 7.08. The minimum Gasteiger partial charge on any atom is -0.494 e. The normalized spacial score (nSPS) is 11.6. The molecular formula is C38H46O10S2. The minimum atomic E-state index is -3.66. The second-order valence-electron chi connectivity index (χ2n) is 11.2. The van der Waals surface area contributed by atoms with Gasteiger partial charge in [0.2, 0.25) is 19.7 Å². The molecule has 0 fully saturated rings. The van der Waals surface area contributed by atoms with Gasteiger partial charge >= 0.3 is 0 Å². The van der Waals surface area contributed by atoms with E-state index in [9.17, 15) is 16.8 Å². The monoisotopic (exact) mass is 726 g/mol. The SMILES string of the molecule is CCCCOc1ccc(S(=O)(=O)c2ccc(OCCOCCOCCOc3ccc(S(=O)(=O)c4ccc(OCCCC)cc4)cc3)cc2)cc1. The molecule has 50 heavy (non-hydrogen) atoms. The van der Waals surface area contributed by atoms with E-state index < -0.39 is 19.7 Å². The predicted molar refractivity (Wildman–Crippen MR) is 190 cm³/mol. The molecular weight excluding hydrogens is 681 g/mol. The Morgan fingerprint density at radius 1 is 0.360 bits per heavy atom. The Balaban J connectivity index is 1.07. The average molecular weight is 727 g/mol. The Hall–Kier alpha value is -4.10. The van der Waals surface area contributed by atoms with E-state index in [1.165, 1.54) is 24.3 Å². The highest BCUT2D eigenvalue weighted by Gasteiger charge is 2.19. The summed E-state index contributed by atoms with van der Waals surface area (Å²) in [5, 5.41) is 0. The van der Waals surface area contributed by atoms with Crippen molar-refractivity contribution in [3.05, 3.63) is 97.1 Å². The van der Waals surface area contributed by atoms with Crippen molar-refractivity contribution in [1.29, 1.82) is 0 Å². The lowest BCUT2D eigenvalue weighted by atomic mass is 10.3. The number of benzene rings is 4. The van der Waals surface area contributed by atoms with Gasteiger partial charge in [-0.15, -0.1) is 0 Å². The van der Waals surface area contributed by atoms with Gasteiger partial charge in [-0.1, -0.05) is 26.7 Å². The average Bonchev–Trinajstić information content (AvgIpc) is 3.13. The van der Waals surface area contributed by atoms with Crippen LogP contribution >= 0.6 is 0 Å². The summed E-state index contributed by atoms with van der Waals surface area (Å²) in [6.45, 7) is 7.33. The van der Waals surface area contributed by atoms with Crippen LogP contribution in [-0.4, -0.2) is 69.7 Å². The summed E-state index contributed by atoms with van der Waals surface area (Å²) in [6, 6.07) is 25.5. The van der Waals surface area contributed by atoms with E-state index in [0.29, 0.717) is 75.9 Å². The summed E-state index contributed by atoms with van der Waals surface area (Å²) in [5.41, 5.74) is 0. The van der Waals surface area contributed by atoms with Crippen molar-refractivity contribution in [1.82, 2.24) is 0 Å². The van der Waals surface area contributed by atoms with Crippen molar-refractivity contribution in [3.63, 3.8) is 0 Å². The van der Waals surface area contributed by atoms with Crippen LogP contribution in [0.15, 0.2) is 117 Å². The molecule has 0 radical (unpaired) electrons. The van der Waals surface area contributed by atoms with Gasteiger partial charge in [-0.25, -0.2) is 16.8 Å². The van der Waals surface area contributed by atoms with Crippen LogP contribution < -0.4 is 18.9 Å². The van der Waals surface area contributed by atoms with E-state index in [2.05, 4.69) is 13.8 Å². The van der Waals surface area contributed by atoms with Gasteiger partial charge in [-0.3, -0.25) is 0 Å². The highest BCUT2D eigenvalue weighted by Crippen LogP contribution is 2.26. The molecule has 0 heterocycles. The molecule has 0 saturated heterocycles. The largest absolute Gasteiger partial charge is 0.494 e. The Kier molecular flexibility index (Phi) is 15.4. The fraction of sp³-hybridized carbons (Fsp3) is 0.368. The Morgan fingerprint density at radius 2 is 0.600 bits per heavy atom. The van der Waals surface area contributed by atoms with Crippen molar-refractivity contribution in [2.75, 3.05) is 52.9 Å². The minimum absolute atomic E-state index is 0.178. The third-order valence-electron chi connectivity index (χ3n) is 7.43. The molecule has 4 rings (SSSR count). The zero-order chi connectivity index (χ0) is 35.7. The van der Waals surface area contributed by atoms with Crippen LogP contribution in [-0.2, 0) is 29.1 Å². The highest BCUT2D eigenvalue weighted by atomic mass is 32.2. The summed E-state index contributed by atoms with van der Waals surface area (Å²) >= 11 is 0. The number of ether oxygens (including phenoxy) is 6. The van der Waals surface area contributed by atoms with Crippen LogP contribution in [0.25, 0.3) is 0 Å². The molecule has 12 heteroatoms. The van der Waals surface area contributed by atoms with Gasteiger partial charge in [0, 0.05) is 0 Å². The van der Waals surface area contributed by atoms with E-state index in [1.807, 2.05) is 0 Å². The van der Waals surface area contributed by atoms with Gasteiger partial charge in [0.05, 0.1) is 59.2 Å². The van der Waals surface area contributed by atoms with E-state index in [1.54, 1.807) is 72.8 Å². The van der Waals surface area contributed by atoms with Crippen molar-refractivity contribution >= 4 is 19.7 Å². The zero-order valence-electron chi connectivity index (χ0n) is 28.6. The number of hydrogen-bond acceptors (Lipinski definition) is 10. The smallest absolute Gasteiger partial charge is 0.206 e. The first-order valence-electron chi connectivity index (χ1n) is 16.8. The summed E-state index contributed by atoms with van der Waals surface area (Å²) in [7, 11) is -7.32. The second kappa shape index (κ2) is 19.9. The molecule has 0 amide bonds. The predicted octanol–water partition coefficient (Wildman–Crippen LogP) is 7.20. The van der Waals surface area contributed by atoms with E-state index in [-0.39, 0.29) is 19.6 Å². The van der Waals surface area contributed by atoms with E-state index in [4.69, 9.17) is 28.4 Å². The van der Waals surface area contributed by atoms with Gasteiger partial charge in [-0.05, 0) is 110 Å². The van der Waals surface area contributed by atoms with Gasteiger partial charge in [0.1, 0.15) is 36.2 Å². The molecule has 0 bridgehead atoms. The van der Waals surface area contributed by atoms with Crippen LogP contribution in [0.3, 0.4) is 0 Å². The third-order valence-corrected chi connectivity index (χ3v) is 11.0. The fourth-order valence-electron chi connectivity index (χ4n) is 4.56. The summed E-state index contributed by atoms with van der Waals surface area (Å²) < 4.78 is 85.7.